The van der Waals surface area contributed by atoms with Gasteiger partial charge in [0.1, 0.15) is 0 Å². The Balaban J connectivity index is 2.04. The molecule has 1 N–H and O–H groups in total. The molecule has 50 heavy (non-hydrogen) atoms. The fraction of sp³-hybridized carbons (Fsp3) is 0.957. The van der Waals surface area contributed by atoms with Gasteiger partial charge in [0, 0.05) is 13.0 Å². The number of ether oxygens (including phenoxy) is 1. The lowest BCUT2D eigenvalue weighted by Crippen LogP contribution is -2.29. The largest absolute Gasteiger partial charge is 0.495 e. The second kappa shape index (κ2) is 36.8. The molecule has 298 valence electrons. The lowest BCUT2D eigenvalue weighted by Gasteiger charge is -2.21. The summed E-state index contributed by atoms with van der Waals surface area (Å²) >= 11 is 0. The van der Waals surface area contributed by atoms with Crippen molar-refractivity contribution in [2.75, 3.05) is 26.2 Å². The summed E-state index contributed by atoms with van der Waals surface area (Å²) in [5.41, 5.74) is 0. The minimum absolute atomic E-state index is 0.293. The lowest BCUT2D eigenvalue weighted by atomic mass is 10.0. The van der Waals surface area contributed by atoms with Crippen LogP contribution in [-0.2, 0) is 4.74 Å². The predicted molar refractivity (Wildman–Crippen MR) is 223 cm³/mol. The van der Waals surface area contributed by atoms with E-state index in [4.69, 9.17) is 4.74 Å². The first kappa shape index (κ1) is 47.5. The van der Waals surface area contributed by atoms with Crippen LogP contribution in [0.15, 0.2) is 12.3 Å². The van der Waals surface area contributed by atoms with E-state index in [0.717, 1.165) is 37.1 Å². The van der Waals surface area contributed by atoms with Crippen molar-refractivity contribution in [1.82, 2.24) is 4.90 Å². The maximum Gasteiger partial charge on any atom is 0.0982 e. The van der Waals surface area contributed by atoms with Gasteiger partial charge in [-0.15, -0.1) is 0 Å². The van der Waals surface area contributed by atoms with Gasteiger partial charge in [0.25, 0.3) is 0 Å². The lowest BCUT2D eigenvalue weighted by molar-refractivity contribution is 0.0895. The van der Waals surface area contributed by atoms with Gasteiger partial charge < -0.3 is 14.7 Å². The molecule has 1 aliphatic rings. The molecule has 3 nitrogen and oxygen atoms in total. The van der Waals surface area contributed by atoms with Gasteiger partial charge in [-0.3, -0.25) is 0 Å². The quantitative estimate of drug-likeness (QED) is 0.0507. The van der Waals surface area contributed by atoms with Gasteiger partial charge in [-0.05, 0) is 76.3 Å². The molecule has 1 saturated carbocycles. The van der Waals surface area contributed by atoms with Crippen molar-refractivity contribution in [1.29, 1.82) is 0 Å². The fourth-order valence-electron chi connectivity index (χ4n) is 8.18. The highest BCUT2D eigenvalue weighted by Gasteiger charge is 2.35. The summed E-state index contributed by atoms with van der Waals surface area (Å²) in [6.07, 6.45) is 48.1. The van der Waals surface area contributed by atoms with E-state index in [1.807, 2.05) is 0 Å². The van der Waals surface area contributed by atoms with Crippen LogP contribution in [0, 0.1) is 11.8 Å². The Kier molecular flexibility index (Phi) is 34.9. The number of nitrogens with zero attached hydrogens (tertiary/aromatic N) is 1. The summed E-state index contributed by atoms with van der Waals surface area (Å²) in [5.74, 6) is 3.22. The van der Waals surface area contributed by atoms with Gasteiger partial charge in [0.15, 0.2) is 0 Å². The Morgan fingerprint density at radius 1 is 0.520 bits per heavy atom. The number of aliphatic hydroxyl groups excluding tert-OH is 1. The monoisotopic (exact) mass is 704 g/mol. The summed E-state index contributed by atoms with van der Waals surface area (Å²) in [6.45, 7) is 14.7. The highest BCUT2D eigenvalue weighted by atomic mass is 16.5. The topological polar surface area (TPSA) is 32.7 Å². The number of unbranched alkanes of at least 4 members (excludes halogenated alkanes) is 24. The summed E-state index contributed by atoms with van der Waals surface area (Å²) in [7, 11) is 0. The third-order valence-corrected chi connectivity index (χ3v) is 11.7. The Morgan fingerprint density at radius 3 is 1.34 bits per heavy atom. The third-order valence-electron chi connectivity index (χ3n) is 11.7. The van der Waals surface area contributed by atoms with Crippen LogP contribution in [0.3, 0.4) is 0 Å². The molecule has 0 aromatic rings. The second-order valence-electron chi connectivity index (χ2n) is 16.7. The number of aliphatic hydroxyl groups is 1. The number of allylic oxidation sites excluding steroid dienone is 1. The van der Waals surface area contributed by atoms with E-state index < -0.39 is 0 Å². The first-order valence-electron chi connectivity index (χ1n) is 23.3. The molecule has 1 aliphatic carbocycles. The van der Waals surface area contributed by atoms with Crippen molar-refractivity contribution in [2.45, 2.75) is 252 Å². The van der Waals surface area contributed by atoms with E-state index in [1.165, 1.54) is 218 Å². The first-order chi connectivity index (χ1) is 24.6. The van der Waals surface area contributed by atoms with E-state index in [9.17, 15) is 5.11 Å². The Labute approximate surface area is 315 Å². The highest BCUT2D eigenvalue weighted by Crippen LogP contribution is 2.45. The van der Waals surface area contributed by atoms with Gasteiger partial charge >= 0.3 is 0 Å². The summed E-state index contributed by atoms with van der Waals surface area (Å²) in [5, 5.41) is 9.60. The van der Waals surface area contributed by atoms with Crippen LogP contribution in [0.2, 0.25) is 0 Å². The van der Waals surface area contributed by atoms with Crippen molar-refractivity contribution in [2.24, 2.45) is 11.8 Å². The number of hydrogen-bond acceptors (Lipinski definition) is 3. The van der Waals surface area contributed by atoms with Crippen LogP contribution in [0.5, 0.6) is 0 Å². The molecule has 2 unspecified atom stereocenters. The van der Waals surface area contributed by atoms with Crippen molar-refractivity contribution in [3.05, 3.63) is 12.3 Å². The zero-order valence-electron chi connectivity index (χ0n) is 34.8. The third kappa shape index (κ3) is 31.0. The molecule has 0 spiro atoms. The molecule has 1 rings (SSSR count). The van der Waals surface area contributed by atoms with Gasteiger partial charge in [0.05, 0.1) is 18.5 Å². The Morgan fingerprint density at radius 2 is 0.900 bits per heavy atom. The summed E-state index contributed by atoms with van der Waals surface area (Å²) in [6, 6.07) is 0. The molecule has 0 aromatic heterocycles. The van der Waals surface area contributed by atoms with Crippen LogP contribution >= 0.6 is 0 Å². The minimum atomic E-state index is 0.293. The molecule has 2 atom stereocenters. The van der Waals surface area contributed by atoms with Gasteiger partial charge in [0.2, 0.25) is 0 Å². The van der Waals surface area contributed by atoms with Crippen molar-refractivity contribution in [3.8, 4) is 0 Å². The van der Waals surface area contributed by atoms with E-state index in [2.05, 4.69) is 32.3 Å². The Bertz CT molecular complexity index is 679. The molecular formula is C47H93NO2. The van der Waals surface area contributed by atoms with Crippen molar-refractivity contribution in [3.63, 3.8) is 0 Å². The zero-order valence-corrected chi connectivity index (χ0v) is 34.8. The van der Waals surface area contributed by atoms with E-state index in [0.29, 0.717) is 12.7 Å². The standard InChI is InChI=1S/C47H93NO2/c1-5-8-11-14-21-28-35-45-43-46(45)36-29-22-17-18-25-32-39-48(41-42-49)40-33-26-19-20-27-34-44(4)50-47(37-30-23-15-12-9-6-2)38-31-24-16-13-10-7-3/h45-47,49H,4-43H2,1-3H3. The van der Waals surface area contributed by atoms with Crippen LogP contribution < -0.4 is 0 Å². The summed E-state index contributed by atoms with van der Waals surface area (Å²) in [4.78, 5) is 2.51. The van der Waals surface area contributed by atoms with E-state index in [1.54, 1.807) is 6.42 Å². The highest BCUT2D eigenvalue weighted by molar-refractivity contribution is 4.86. The maximum absolute atomic E-state index is 9.60. The molecular weight excluding hydrogens is 611 g/mol. The van der Waals surface area contributed by atoms with Crippen LogP contribution in [0.4, 0.5) is 0 Å². The average Bonchev–Trinajstić information content (AvgIpc) is 3.87. The number of rotatable bonds is 42. The van der Waals surface area contributed by atoms with Gasteiger partial charge in [-0.1, -0.05) is 194 Å². The second-order valence-corrected chi connectivity index (χ2v) is 16.7. The number of hydrogen-bond donors (Lipinski definition) is 1. The van der Waals surface area contributed by atoms with Crippen molar-refractivity contribution >= 4 is 0 Å². The molecule has 0 saturated heterocycles. The smallest absolute Gasteiger partial charge is 0.0982 e. The molecule has 0 bridgehead atoms. The van der Waals surface area contributed by atoms with Crippen LogP contribution in [0.1, 0.15) is 245 Å². The first-order valence-corrected chi connectivity index (χ1v) is 23.3. The molecule has 0 radical (unpaired) electrons. The van der Waals surface area contributed by atoms with Gasteiger partial charge in [-0.25, -0.2) is 0 Å². The average molecular weight is 704 g/mol. The Hall–Kier alpha value is -0.540. The fourth-order valence-corrected chi connectivity index (χ4v) is 8.18. The van der Waals surface area contributed by atoms with E-state index >= 15 is 0 Å². The van der Waals surface area contributed by atoms with E-state index in [-0.39, 0.29) is 0 Å². The SMILES string of the molecule is C=C(CCCCCCCN(CCO)CCCCCCCCC1CC1CCCCCCCC)OC(CCCCCCCC)CCCCCCCC. The molecule has 0 aliphatic heterocycles. The molecule has 0 amide bonds. The van der Waals surface area contributed by atoms with Crippen LogP contribution in [-0.4, -0.2) is 42.4 Å². The van der Waals surface area contributed by atoms with Crippen molar-refractivity contribution < 1.29 is 9.84 Å². The molecule has 0 heterocycles. The maximum atomic E-state index is 9.60. The molecule has 0 aromatic carbocycles. The van der Waals surface area contributed by atoms with Crippen LogP contribution in [0.25, 0.3) is 0 Å². The summed E-state index contributed by atoms with van der Waals surface area (Å²) < 4.78 is 6.48. The van der Waals surface area contributed by atoms with Gasteiger partial charge in [-0.2, -0.15) is 0 Å². The molecule has 1 fully saturated rings. The molecule has 3 heteroatoms. The minimum Gasteiger partial charge on any atom is -0.495 e. The predicted octanol–water partition coefficient (Wildman–Crippen LogP) is 15.1. The zero-order chi connectivity index (χ0) is 36.2. The normalized spacial score (nSPS) is 15.8.